The third kappa shape index (κ3) is 3.36. The summed E-state index contributed by atoms with van der Waals surface area (Å²) in [5.41, 5.74) is 3.63. The van der Waals surface area contributed by atoms with Gasteiger partial charge in [-0.05, 0) is 34.7 Å². The summed E-state index contributed by atoms with van der Waals surface area (Å²) in [4.78, 5) is 37.4. The van der Waals surface area contributed by atoms with E-state index >= 15 is 0 Å². The predicted octanol–water partition coefficient (Wildman–Crippen LogP) is 4.85. The average molecular weight is 407 g/mol. The Kier molecular flexibility index (Phi) is 4.56. The molecule has 5 nitrogen and oxygen atoms in total. The van der Waals surface area contributed by atoms with E-state index in [0.29, 0.717) is 16.8 Å². The first-order valence-electron chi connectivity index (χ1n) is 9.85. The highest BCUT2D eigenvalue weighted by molar-refractivity contribution is 6.22. The van der Waals surface area contributed by atoms with Gasteiger partial charge in [-0.3, -0.25) is 9.59 Å². The zero-order chi connectivity index (χ0) is 21.4. The first-order chi connectivity index (χ1) is 15.1. The molecule has 0 saturated heterocycles. The maximum Gasteiger partial charge on any atom is 0.338 e. The van der Waals surface area contributed by atoms with Crippen molar-refractivity contribution in [3.8, 4) is 11.1 Å². The van der Waals surface area contributed by atoms with Gasteiger partial charge in [0.15, 0.2) is 12.4 Å². The van der Waals surface area contributed by atoms with Crippen LogP contribution in [0.1, 0.15) is 26.3 Å². The lowest BCUT2D eigenvalue weighted by atomic mass is 10.0. The number of anilines is 1. The van der Waals surface area contributed by atoms with Crippen LogP contribution in [0.2, 0.25) is 0 Å². The highest BCUT2D eigenvalue weighted by atomic mass is 16.5. The number of rotatable bonds is 4. The van der Waals surface area contributed by atoms with Crippen LogP contribution < -0.4 is 5.32 Å². The summed E-state index contributed by atoms with van der Waals surface area (Å²) in [5.74, 6) is -1.21. The molecule has 0 radical (unpaired) electrons. The number of hydrogen-bond acceptors (Lipinski definition) is 4. The van der Waals surface area contributed by atoms with Crippen molar-refractivity contribution in [2.75, 3.05) is 11.9 Å². The highest BCUT2D eigenvalue weighted by Gasteiger charge is 2.27. The van der Waals surface area contributed by atoms with E-state index in [4.69, 9.17) is 4.74 Å². The van der Waals surface area contributed by atoms with Crippen LogP contribution in [-0.4, -0.2) is 24.3 Å². The van der Waals surface area contributed by atoms with Crippen molar-refractivity contribution in [2.24, 2.45) is 0 Å². The van der Waals surface area contributed by atoms with Gasteiger partial charge in [0, 0.05) is 22.2 Å². The molecule has 0 bridgehead atoms. The fourth-order valence-corrected chi connectivity index (χ4v) is 3.89. The first kappa shape index (κ1) is 18.8. The largest absolute Gasteiger partial charge is 0.452 e. The fourth-order valence-electron chi connectivity index (χ4n) is 3.89. The van der Waals surface area contributed by atoms with Gasteiger partial charge in [0.05, 0.1) is 5.56 Å². The molecular formula is C26H17NO4. The molecule has 0 fully saturated rings. The van der Waals surface area contributed by atoms with Crippen LogP contribution in [0, 0.1) is 0 Å². The van der Waals surface area contributed by atoms with Crippen LogP contribution in [0.5, 0.6) is 0 Å². The van der Waals surface area contributed by atoms with E-state index in [9.17, 15) is 14.4 Å². The zero-order valence-corrected chi connectivity index (χ0v) is 16.4. The monoisotopic (exact) mass is 407 g/mol. The molecule has 31 heavy (non-hydrogen) atoms. The summed E-state index contributed by atoms with van der Waals surface area (Å²) in [6.45, 7) is -0.423. The number of ketones is 1. The number of carbonyl (C=O) groups excluding carboxylic acids is 3. The first-order valence-corrected chi connectivity index (χ1v) is 9.85. The van der Waals surface area contributed by atoms with Crippen molar-refractivity contribution in [3.05, 3.63) is 102 Å². The van der Waals surface area contributed by atoms with Gasteiger partial charge in [-0.15, -0.1) is 0 Å². The molecule has 1 aliphatic carbocycles. The number of fused-ring (bicyclic) bond motifs is 4. The second-order valence-corrected chi connectivity index (χ2v) is 7.29. The second-order valence-electron chi connectivity index (χ2n) is 7.29. The van der Waals surface area contributed by atoms with E-state index in [1.807, 2.05) is 54.6 Å². The summed E-state index contributed by atoms with van der Waals surface area (Å²) in [7, 11) is 0. The molecule has 150 valence electrons. The minimum absolute atomic E-state index is 0.117. The second kappa shape index (κ2) is 7.54. The van der Waals surface area contributed by atoms with Gasteiger partial charge in [-0.25, -0.2) is 4.79 Å². The van der Waals surface area contributed by atoms with Crippen LogP contribution in [0.15, 0.2) is 84.9 Å². The molecule has 0 aliphatic heterocycles. The van der Waals surface area contributed by atoms with Crippen LogP contribution in [-0.2, 0) is 9.53 Å². The summed E-state index contributed by atoms with van der Waals surface area (Å²) in [6.07, 6.45) is 0. The third-order valence-electron chi connectivity index (χ3n) is 5.36. The van der Waals surface area contributed by atoms with E-state index in [1.165, 1.54) is 6.07 Å². The lowest BCUT2D eigenvalue weighted by Crippen LogP contribution is -2.21. The fraction of sp³-hybridized carbons (Fsp3) is 0.0385. The molecule has 5 rings (SSSR count). The molecule has 0 atom stereocenters. The Labute approximate surface area is 178 Å². The number of carbonyl (C=O) groups is 3. The number of hydrogen-bond donors (Lipinski definition) is 1. The smallest absolute Gasteiger partial charge is 0.338 e. The Balaban J connectivity index is 1.28. The normalized spacial score (nSPS) is 11.7. The van der Waals surface area contributed by atoms with Gasteiger partial charge in [-0.2, -0.15) is 0 Å². The Morgan fingerprint density at radius 2 is 1.45 bits per heavy atom. The van der Waals surface area contributed by atoms with Crippen LogP contribution >= 0.6 is 0 Å². The van der Waals surface area contributed by atoms with Gasteiger partial charge in [0.1, 0.15) is 0 Å². The van der Waals surface area contributed by atoms with Gasteiger partial charge < -0.3 is 10.1 Å². The topological polar surface area (TPSA) is 72.5 Å². The zero-order valence-electron chi connectivity index (χ0n) is 16.4. The van der Waals surface area contributed by atoms with E-state index in [1.54, 1.807) is 24.3 Å². The average Bonchev–Trinajstić information content (AvgIpc) is 3.09. The van der Waals surface area contributed by atoms with Crippen LogP contribution in [0.25, 0.3) is 21.9 Å². The van der Waals surface area contributed by atoms with Crippen molar-refractivity contribution in [2.45, 2.75) is 0 Å². The molecule has 0 spiro atoms. The number of ether oxygens (including phenoxy) is 1. The van der Waals surface area contributed by atoms with Gasteiger partial charge in [-0.1, -0.05) is 66.7 Å². The van der Waals surface area contributed by atoms with E-state index < -0.39 is 18.5 Å². The molecule has 0 aromatic heterocycles. The van der Waals surface area contributed by atoms with Crippen molar-refractivity contribution in [3.63, 3.8) is 0 Å². The maximum absolute atomic E-state index is 12.6. The Morgan fingerprint density at radius 3 is 2.32 bits per heavy atom. The van der Waals surface area contributed by atoms with Crippen molar-refractivity contribution >= 4 is 34.1 Å². The number of nitrogens with one attached hydrogen (secondary N) is 1. The molecule has 1 aliphatic rings. The Hall–Kier alpha value is -4.25. The Bertz CT molecular complexity index is 1370. The third-order valence-corrected chi connectivity index (χ3v) is 5.36. The van der Waals surface area contributed by atoms with E-state index in [-0.39, 0.29) is 11.3 Å². The van der Waals surface area contributed by atoms with Crippen molar-refractivity contribution in [1.82, 2.24) is 0 Å². The number of benzene rings is 4. The van der Waals surface area contributed by atoms with Crippen LogP contribution in [0.4, 0.5) is 5.69 Å². The maximum atomic E-state index is 12.6. The summed E-state index contributed by atoms with van der Waals surface area (Å²) in [5, 5.41) is 4.69. The molecule has 1 amide bonds. The van der Waals surface area contributed by atoms with Crippen molar-refractivity contribution < 1.29 is 19.1 Å². The molecule has 0 unspecified atom stereocenters. The van der Waals surface area contributed by atoms with E-state index in [0.717, 1.165) is 21.9 Å². The quantitative estimate of drug-likeness (QED) is 0.433. The standard InChI is InChI=1S/C26H17NO4/c28-24(27-23-11-5-7-16-6-1-2-8-18(16)23)15-31-26(30)17-12-13-20-19-9-3-4-10-21(19)25(29)22(20)14-17/h1-14H,15H2,(H,27,28). The molecule has 5 heteroatoms. The lowest BCUT2D eigenvalue weighted by Gasteiger charge is -2.10. The van der Waals surface area contributed by atoms with Gasteiger partial charge in [0.2, 0.25) is 0 Å². The highest BCUT2D eigenvalue weighted by Crippen LogP contribution is 2.36. The Morgan fingerprint density at radius 1 is 0.742 bits per heavy atom. The molecule has 1 N–H and O–H groups in total. The molecular weight excluding hydrogens is 390 g/mol. The predicted molar refractivity (Wildman–Crippen MR) is 118 cm³/mol. The molecule has 4 aromatic carbocycles. The minimum Gasteiger partial charge on any atom is -0.452 e. The summed E-state index contributed by atoms with van der Waals surface area (Å²) >= 11 is 0. The van der Waals surface area contributed by atoms with Gasteiger partial charge >= 0.3 is 5.97 Å². The number of amides is 1. The van der Waals surface area contributed by atoms with Crippen LogP contribution in [0.3, 0.4) is 0 Å². The number of esters is 1. The molecule has 0 saturated carbocycles. The minimum atomic E-state index is -0.653. The summed E-state index contributed by atoms with van der Waals surface area (Å²) < 4.78 is 5.18. The van der Waals surface area contributed by atoms with E-state index in [2.05, 4.69) is 5.32 Å². The van der Waals surface area contributed by atoms with Crippen molar-refractivity contribution in [1.29, 1.82) is 0 Å². The molecule has 4 aromatic rings. The lowest BCUT2D eigenvalue weighted by molar-refractivity contribution is -0.119. The SMILES string of the molecule is O=C(COC(=O)c1ccc2c(c1)C(=O)c1ccccc1-2)Nc1cccc2ccccc12. The summed E-state index contributed by atoms with van der Waals surface area (Å²) in [6, 6.07) is 25.5. The molecule has 0 heterocycles. The van der Waals surface area contributed by atoms with Gasteiger partial charge in [0.25, 0.3) is 5.91 Å².